The number of amides is 3. The average molecular weight is 640 g/mol. The summed E-state index contributed by atoms with van der Waals surface area (Å²) in [6, 6.07) is 25.0. The minimum absolute atomic E-state index is 0.0288. The monoisotopic (exact) mass is 639 g/mol. The Bertz CT molecular complexity index is 1680. The van der Waals surface area contributed by atoms with E-state index < -0.39 is 29.5 Å². The number of carbonyl (C=O) groups is 3. The molecule has 226 valence electrons. The van der Waals surface area contributed by atoms with E-state index in [1.54, 1.807) is 78.9 Å². The number of hydrogen-bond donors (Lipinski definition) is 3. The molecule has 0 aliphatic carbocycles. The van der Waals surface area contributed by atoms with Gasteiger partial charge >= 0.3 is 6.18 Å². The highest BCUT2D eigenvalue weighted by Gasteiger charge is 2.34. The predicted molar refractivity (Wildman–Crippen MR) is 166 cm³/mol. The van der Waals surface area contributed by atoms with Crippen LogP contribution in [0.25, 0.3) is 6.08 Å². The lowest BCUT2D eigenvalue weighted by Crippen LogP contribution is -2.30. The van der Waals surface area contributed by atoms with Crippen LogP contribution in [0.5, 0.6) is 5.75 Å². The van der Waals surface area contributed by atoms with E-state index in [0.717, 1.165) is 23.9 Å². The van der Waals surface area contributed by atoms with Crippen molar-refractivity contribution in [2.75, 3.05) is 23.5 Å². The second kappa shape index (κ2) is 14.6. The molecule has 4 aromatic rings. The maximum Gasteiger partial charge on any atom is 0.418 e. The van der Waals surface area contributed by atoms with Gasteiger partial charge in [-0.05, 0) is 66.7 Å². The molecule has 3 N–H and O–H groups in total. The second-order valence-corrected chi connectivity index (χ2v) is 10.6. The van der Waals surface area contributed by atoms with Crippen LogP contribution in [-0.2, 0) is 15.8 Å². The third-order valence-corrected chi connectivity index (χ3v) is 7.26. The van der Waals surface area contributed by atoms with Crippen LogP contribution in [-0.4, -0.2) is 30.6 Å². The van der Waals surface area contributed by atoms with Crippen molar-refractivity contribution in [2.45, 2.75) is 11.1 Å². The number of alkyl halides is 3. The second-order valence-electron chi connectivity index (χ2n) is 9.12. The third kappa shape index (κ3) is 8.88. The highest BCUT2D eigenvalue weighted by Crippen LogP contribution is 2.36. The van der Waals surface area contributed by atoms with Gasteiger partial charge in [0.2, 0.25) is 5.91 Å². The first-order valence-electron chi connectivity index (χ1n) is 13.0. The van der Waals surface area contributed by atoms with Gasteiger partial charge in [-0.15, -0.1) is 11.8 Å². The summed E-state index contributed by atoms with van der Waals surface area (Å²) in [7, 11) is 1.50. The van der Waals surface area contributed by atoms with Crippen LogP contribution in [0.3, 0.4) is 0 Å². The number of nitrogens with one attached hydrogen (secondary N) is 3. The summed E-state index contributed by atoms with van der Waals surface area (Å²) in [5, 5.41) is 7.57. The number of thioether (sulfide) groups is 1. The summed E-state index contributed by atoms with van der Waals surface area (Å²) in [5.74, 6) is -1.37. The van der Waals surface area contributed by atoms with E-state index in [1.165, 1.54) is 19.3 Å². The molecule has 0 bridgehead atoms. The van der Waals surface area contributed by atoms with Gasteiger partial charge < -0.3 is 20.7 Å². The topological polar surface area (TPSA) is 96.5 Å². The largest absolute Gasteiger partial charge is 0.496 e. The van der Waals surface area contributed by atoms with Crippen LogP contribution < -0.4 is 20.7 Å². The van der Waals surface area contributed by atoms with Crippen molar-refractivity contribution in [3.63, 3.8) is 0 Å². The SMILES string of the molecule is COc1ccccc1/C=C(\NC(=O)c1ccccc1)C(=O)Nc1ccc(SCC(=O)Nc2ccc(Cl)cc2C(F)(F)F)cc1. The number of anilines is 2. The molecule has 12 heteroatoms. The molecule has 0 radical (unpaired) electrons. The van der Waals surface area contributed by atoms with Gasteiger partial charge in [0, 0.05) is 26.7 Å². The van der Waals surface area contributed by atoms with Crippen LogP contribution in [0.4, 0.5) is 24.5 Å². The van der Waals surface area contributed by atoms with Crippen molar-refractivity contribution < 1.29 is 32.3 Å². The summed E-state index contributed by atoms with van der Waals surface area (Å²) in [5.41, 5.74) is -0.121. The molecule has 3 amide bonds. The van der Waals surface area contributed by atoms with Crippen LogP contribution in [0.15, 0.2) is 108 Å². The Labute approximate surface area is 260 Å². The lowest BCUT2D eigenvalue weighted by Gasteiger charge is -2.14. The molecular weight excluding hydrogens is 615 g/mol. The predicted octanol–water partition coefficient (Wildman–Crippen LogP) is 7.51. The van der Waals surface area contributed by atoms with Crippen molar-refractivity contribution in [3.8, 4) is 5.75 Å². The Morgan fingerprint density at radius 3 is 2.25 bits per heavy atom. The summed E-state index contributed by atoms with van der Waals surface area (Å²) in [6.45, 7) is 0. The highest BCUT2D eigenvalue weighted by molar-refractivity contribution is 8.00. The molecule has 0 unspecified atom stereocenters. The third-order valence-electron chi connectivity index (χ3n) is 6.01. The fourth-order valence-electron chi connectivity index (χ4n) is 3.91. The highest BCUT2D eigenvalue weighted by atomic mass is 35.5. The number of rotatable bonds is 10. The lowest BCUT2D eigenvalue weighted by molar-refractivity contribution is -0.137. The van der Waals surface area contributed by atoms with Gasteiger partial charge in [-0.3, -0.25) is 14.4 Å². The molecule has 0 saturated carbocycles. The van der Waals surface area contributed by atoms with Crippen molar-refractivity contribution in [3.05, 3.63) is 124 Å². The van der Waals surface area contributed by atoms with Gasteiger partial charge in [-0.25, -0.2) is 0 Å². The maximum atomic E-state index is 13.3. The Kier molecular flexibility index (Phi) is 10.7. The Hall–Kier alpha value is -4.74. The maximum absolute atomic E-state index is 13.3. The molecule has 0 heterocycles. The number of para-hydroxylation sites is 1. The van der Waals surface area contributed by atoms with Crippen LogP contribution in [0.1, 0.15) is 21.5 Å². The van der Waals surface area contributed by atoms with Crippen molar-refractivity contribution >= 4 is 58.5 Å². The van der Waals surface area contributed by atoms with E-state index in [2.05, 4.69) is 16.0 Å². The van der Waals surface area contributed by atoms with Crippen molar-refractivity contribution in [2.24, 2.45) is 0 Å². The number of ether oxygens (including phenoxy) is 1. The van der Waals surface area contributed by atoms with Gasteiger partial charge in [-0.2, -0.15) is 13.2 Å². The van der Waals surface area contributed by atoms with Gasteiger partial charge in [0.05, 0.1) is 24.1 Å². The number of benzene rings is 4. The van der Waals surface area contributed by atoms with Gasteiger partial charge in [0.15, 0.2) is 0 Å². The molecule has 4 aromatic carbocycles. The van der Waals surface area contributed by atoms with E-state index in [4.69, 9.17) is 16.3 Å². The summed E-state index contributed by atoms with van der Waals surface area (Å²) >= 11 is 6.78. The number of methoxy groups -OCH3 is 1. The standard InChI is InChI=1S/C32H25ClF3N3O4S/c1-43-28-10-6-5-9-21(28)17-27(39-30(41)20-7-3-2-4-8-20)31(42)37-23-12-14-24(15-13-23)44-19-29(40)38-26-16-11-22(33)18-25(26)32(34,35)36/h2-18H,19H2,1H3,(H,37,42)(H,38,40)(H,39,41)/b27-17-. The van der Waals surface area contributed by atoms with Crippen LogP contribution in [0.2, 0.25) is 5.02 Å². The molecule has 0 fully saturated rings. The number of halogens is 4. The zero-order valence-electron chi connectivity index (χ0n) is 23.1. The first-order chi connectivity index (χ1) is 21.0. The molecular formula is C32H25ClF3N3O4S. The minimum Gasteiger partial charge on any atom is -0.496 e. The van der Waals surface area contributed by atoms with Crippen LogP contribution in [0, 0.1) is 0 Å². The van der Waals surface area contributed by atoms with Gasteiger partial charge in [0.25, 0.3) is 11.8 Å². The fourth-order valence-corrected chi connectivity index (χ4v) is 4.78. The average Bonchev–Trinajstić information content (AvgIpc) is 3.01. The quantitative estimate of drug-likeness (QED) is 0.123. The first-order valence-corrected chi connectivity index (χ1v) is 14.3. The zero-order chi connectivity index (χ0) is 31.7. The molecule has 0 spiro atoms. The van der Waals surface area contributed by atoms with E-state index in [0.29, 0.717) is 27.5 Å². The number of carbonyl (C=O) groups excluding carboxylic acids is 3. The molecule has 44 heavy (non-hydrogen) atoms. The molecule has 0 aromatic heterocycles. The Morgan fingerprint density at radius 2 is 1.57 bits per heavy atom. The number of hydrogen-bond acceptors (Lipinski definition) is 5. The zero-order valence-corrected chi connectivity index (χ0v) is 24.6. The van der Waals surface area contributed by atoms with Crippen LogP contribution >= 0.6 is 23.4 Å². The molecule has 0 aliphatic heterocycles. The summed E-state index contributed by atoms with van der Waals surface area (Å²) in [4.78, 5) is 39.2. The molecule has 0 saturated heterocycles. The summed E-state index contributed by atoms with van der Waals surface area (Å²) in [6.07, 6.45) is -3.18. The fraction of sp³-hybridized carbons (Fsp3) is 0.0938. The molecule has 4 rings (SSSR count). The van der Waals surface area contributed by atoms with E-state index in [-0.39, 0.29) is 22.2 Å². The van der Waals surface area contributed by atoms with Crippen molar-refractivity contribution in [1.29, 1.82) is 0 Å². The first kappa shape index (κ1) is 32.2. The lowest BCUT2D eigenvalue weighted by atomic mass is 10.1. The Balaban J connectivity index is 1.43. The van der Waals surface area contributed by atoms with E-state index in [9.17, 15) is 27.6 Å². The molecule has 0 atom stereocenters. The molecule has 7 nitrogen and oxygen atoms in total. The minimum atomic E-state index is -4.69. The molecule has 0 aliphatic rings. The smallest absolute Gasteiger partial charge is 0.418 e. The van der Waals surface area contributed by atoms with Gasteiger partial charge in [0.1, 0.15) is 11.4 Å². The van der Waals surface area contributed by atoms with Crippen molar-refractivity contribution in [1.82, 2.24) is 5.32 Å². The van der Waals surface area contributed by atoms with Gasteiger partial charge in [-0.1, -0.05) is 48.0 Å². The Morgan fingerprint density at radius 1 is 0.886 bits per heavy atom. The normalized spacial score (nSPS) is 11.4. The van der Waals surface area contributed by atoms with E-state index >= 15 is 0 Å². The van der Waals surface area contributed by atoms with E-state index in [1.807, 2.05) is 0 Å². The summed E-state index contributed by atoms with van der Waals surface area (Å²) < 4.78 is 45.3.